The Balaban J connectivity index is 1.90. The monoisotopic (exact) mass is 329 g/mol. The quantitative estimate of drug-likeness (QED) is 0.414. The predicted molar refractivity (Wildman–Crippen MR) is 102 cm³/mol. The van der Waals surface area contributed by atoms with Crippen LogP contribution in [0.5, 0.6) is 0 Å². The molecule has 0 spiro atoms. The molecule has 1 N–H and O–H groups in total. The number of aromatic nitrogens is 2. The van der Waals surface area contributed by atoms with Crippen LogP contribution in [-0.2, 0) is 0 Å². The van der Waals surface area contributed by atoms with Gasteiger partial charge in [-0.05, 0) is 50.4 Å². The standard InChI is InChI=1S/C21H19N3O/c1-21(2,3)24-20(25)14-9-10-16-18(12-14)23-19-15-7-5-4-6-13(15)8-11-17(19)22-16/h4-12H,1-3H3,(H,24,25). The number of hydrogen-bond donors (Lipinski definition) is 1. The topological polar surface area (TPSA) is 54.9 Å². The van der Waals surface area contributed by atoms with Gasteiger partial charge < -0.3 is 5.32 Å². The Morgan fingerprint density at radius 1 is 0.880 bits per heavy atom. The molecule has 0 aliphatic rings. The molecule has 1 amide bonds. The lowest BCUT2D eigenvalue weighted by Crippen LogP contribution is -2.40. The molecule has 0 unspecified atom stereocenters. The Morgan fingerprint density at radius 2 is 1.64 bits per heavy atom. The molecule has 0 saturated heterocycles. The number of nitrogens with one attached hydrogen (secondary N) is 1. The summed E-state index contributed by atoms with van der Waals surface area (Å²) in [7, 11) is 0. The zero-order valence-corrected chi connectivity index (χ0v) is 14.5. The average Bonchev–Trinajstić information content (AvgIpc) is 2.58. The number of fused-ring (bicyclic) bond motifs is 4. The van der Waals surface area contributed by atoms with E-state index in [1.54, 1.807) is 6.07 Å². The van der Waals surface area contributed by atoms with Crippen LogP contribution in [0.1, 0.15) is 31.1 Å². The average molecular weight is 329 g/mol. The molecular weight excluding hydrogens is 310 g/mol. The second kappa shape index (κ2) is 5.52. The van der Waals surface area contributed by atoms with E-state index in [0.717, 1.165) is 32.8 Å². The Bertz CT molecular complexity index is 1130. The van der Waals surface area contributed by atoms with Crippen molar-refractivity contribution in [3.05, 3.63) is 60.2 Å². The Kier molecular flexibility index (Phi) is 3.42. The molecule has 0 fully saturated rings. The molecule has 4 heteroatoms. The van der Waals surface area contributed by atoms with Gasteiger partial charge in [-0.3, -0.25) is 4.79 Å². The molecule has 0 saturated carbocycles. The number of rotatable bonds is 1. The zero-order chi connectivity index (χ0) is 17.6. The molecule has 0 radical (unpaired) electrons. The van der Waals surface area contributed by atoms with Crippen LogP contribution in [0.3, 0.4) is 0 Å². The normalized spacial score (nSPS) is 12.0. The summed E-state index contributed by atoms with van der Waals surface area (Å²) >= 11 is 0. The summed E-state index contributed by atoms with van der Waals surface area (Å²) in [6.07, 6.45) is 0. The van der Waals surface area contributed by atoms with Gasteiger partial charge in [0.05, 0.1) is 22.1 Å². The van der Waals surface area contributed by atoms with E-state index in [4.69, 9.17) is 9.97 Å². The van der Waals surface area contributed by atoms with Crippen LogP contribution < -0.4 is 5.32 Å². The van der Waals surface area contributed by atoms with Crippen molar-refractivity contribution in [3.63, 3.8) is 0 Å². The van der Waals surface area contributed by atoms with Gasteiger partial charge in [0.15, 0.2) is 0 Å². The number of benzene rings is 3. The Hall–Kier alpha value is -3.01. The van der Waals surface area contributed by atoms with Crippen LogP contribution >= 0.6 is 0 Å². The highest BCUT2D eigenvalue weighted by molar-refractivity contribution is 6.06. The number of amides is 1. The molecule has 0 atom stereocenters. The summed E-state index contributed by atoms with van der Waals surface area (Å²) in [4.78, 5) is 21.9. The van der Waals surface area contributed by atoms with Gasteiger partial charge in [-0.1, -0.05) is 30.3 Å². The van der Waals surface area contributed by atoms with E-state index in [1.165, 1.54) is 0 Å². The minimum atomic E-state index is -0.280. The summed E-state index contributed by atoms with van der Waals surface area (Å²) in [5.41, 5.74) is 3.55. The highest BCUT2D eigenvalue weighted by Crippen LogP contribution is 2.25. The second-order valence-corrected chi connectivity index (χ2v) is 7.29. The van der Waals surface area contributed by atoms with E-state index in [2.05, 4.69) is 17.4 Å². The first-order chi connectivity index (χ1) is 11.9. The summed E-state index contributed by atoms with van der Waals surface area (Å²) in [5.74, 6) is -0.103. The smallest absolute Gasteiger partial charge is 0.251 e. The fraction of sp³-hybridized carbons (Fsp3) is 0.190. The molecule has 4 aromatic rings. The number of hydrogen-bond acceptors (Lipinski definition) is 3. The van der Waals surface area contributed by atoms with Crippen molar-refractivity contribution in [3.8, 4) is 0 Å². The minimum Gasteiger partial charge on any atom is -0.347 e. The van der Waals surface area contributed by atoms with E-state index in [-0.39, 0.29) is 11.4 Å². The van der Waals surface area contributed by atoms with E-state index in [1.807, 2.05) is 57.2 Å². The van der Waals surface area contributed by atoms with Crippen LogP contribution in [0.25, 0.3) is 32.8 Å². The highest BCUT2D eigenvalue weighted by atomic mass is 16.1. The molecule has 0 bridgehead atoms. The summed E-state index contributed by atoms with van der Waals surface area (Å²) in [5, 5.41) is 5.18. The first kappa shape index (κ1) is 15.5. The fourth-order valence-corrected chi connectivity index (χ4v) is 2.96. The van der Waals surface area contributed by atoms with Crippen molar-refractivity contribution >= 4 is 38.7 Å². The second-order valence-electron chi connectivity index (χ2n) is 7.29. The highest BCUT2D eigenvalue weighted by Gasteiger charge is 2.16. The van der Waals surface area contributed by atoms with Gasteiger partial charge in [0, 0.05) is 16.5 Å². The van der Waals surface area contributed by atoms with E-state index < -0.39 is 0 Å². The van der Waals surface area contributed by atoms with Gasteiger partial charge >= 0.3 is 0 Å². The van der Waals surface area contributed by atoms with E-state index >= 15 is 0 Å². The summed E-state index contributed by atoms with van der Waals surface area (Å²) in [6, 6.07) is 17.6. The summed E-state index contributed by atoms with van der Waals surface area (Å²) < 4.78 is 0. The van der Waals surface area contributed by atoms with Gasteiger partial charge in [0.25, 0.3) is 5.91 Å². The Morgan fingerprint density at radius 3 is 2.44 bits per heavy atom. The maximum Gasteiger partial charge on any atom is 0.251 e. The molecule has 25 heavy (non-hydrogen) atoms. The SMILES string of the molecule is CC(C)(C)NC(=O)c1ccc2nc3ccc4ccccc4c3nc2c1. The molecule has 0 aliphatic heterocycles. The zero-order valence-electron chi connectivity index (χ0n) is 14.5. The maximum absolute atomic E-state index is 12.4. The van der Waals surface area contributed by atoms with Crippen LogP contribution in [-0.4, -0.2) is 21.4 Å². The third-order valence-corrected chi connectivity index (χ3v) is 4.08. The van der Waals surface area contributed by atoms with Gasteiger partial charge in [-0.2, -0.15) is 0 Å². The predicted octanol–water partition coefficient (Wildman–Crippen LogP) is 4.46. The van der Waals surface area contributed by atoms with E-state index in [0.29, 0.717) is 5.56 Å². The molecular formula is C21H19N3O. The first-order valence-corrected chi connectivity index (χ1v) is 8.32. The van der Waals surface area contributed by atoms with Crippen molar-refractivity contribution in [2.45, 2.75) is 26.3 Å². The minimum absolute atomic E-state index is 0.103. The fourth-order valence-electron chi connectivity index (χ4n) is 2.96. The molecule has 4 rings (SSSR count). The van der Waals surface area contributed by atoms with Crippen molar-refractivity contribution in [2.75, 3.05) is 0 Å². The van der Waals surface area contributed by atoms with Gasteiger partial charge in [-0.15, -0.1) is 0 Å². The lowest BCUT2D eigenvalue weighted by molar-refractivity contribution is 0.0919. The van der Waals surface area contributed by atoms with Crippen molar-refractivity contribution in [1.29, 1.82) is 0 Å². The van der Waals surface area contributed by atoms with Gasteiger partial charge in [0.2, 0.25) is 0 Å². The Labute approximate surface area is 145 Å². The third-order valence-electron chi connectivity index (χ3n) is 4.08. The van der Waals surface area contributed by atoms with Crippen LogP contribution in [0.2, 0.25) is 0 Å². The number of carbonyl (C=O) groups excluding carboxylic acids is 1. The van der Waals surface area contributed by atoms with Crippen LogP contribution in [0.4, 0.5) is 0 Å². The van der Waals surface area contributed by atoms with Crippen molar-refractivity contribution in [1.82, 2.24) is 15.3 Å². The lowest BCUT2D eigenvalue weighted by atomic mass is 10.1. The largest absolute Gasteiger partial charge is 0.347 e. The third kappa shape index (κ3) is 2.91. The maximum atomic E-state index is 12.4. The molecule has 4 nitrogen and oxygen atoms in total. The van der Waals surface area contributed by atoms with Gasteiger partial charge in [0.1, 0.15) is 0 Å². The van der Waals surface area contributed by atoms with Crippen LogP contribution in [0.15, 0.2) is 54.6 Å². The first-order valence-electron chi connectivity index (χ1n) is 8.32. The number of nitrogens with zero attached hydrogens (tertiary/aromatic N) is 2. The number of carbonyl (C=O) groups is 1. The lowest BCUT2D eigenvalue weighted by Gasteiger charge is -2.20. The van der Waals surface area contributed by atoms with E-state index in [9.17, 15) is 4.79 Å². The molecule has 124 valence electrons. The molecule has 1 aromatic heterocycles. The molecule has 0 aliphatic carbocycles. The van der Waals surface area contributed by atoms with Gasteiger partial charge in [-0.25, -0.2) is 9.97 Å². The summed E-state index contributed by atoms with van der Waals surface area (Å²) in [6.45, 7) is 5.89. The molecule has 3 aromatic carbocycles. The van der Waals surface area contributed by atoms with Crippen molar-refractivity contribution in [2.24, 2.45) is 0 Å². The molecule has 1 heterocycles. The van der Waals surface area contributed by atoms with Crippen LogP contribution in [0, 0.1) is 0 Å². The van der Waals surface area contributed by atoms with Crippen molar-refractivity contribution < 1.29 is 4.79 Å².